The smallest absolute Gasteiger partial charge is 0.200 e. The molecule has 0 aromatic rings. The van der Waals surface area contributed by atoms with Crippen LogP contribution in [0.25, 0.3) is 0 Å². The monoisotopic (exact) mass is 334 g/mol. The number of hydrogen-bond donors (Lipinski definition) is 0. The third kappa shape index (κ3) is 11.5. The molecule has 134 valence electrons. The highest BCUT2D eigenvalue weighted by Crippen LogP contribution is 2.12. The van der Waals surface area contributed by atoms with Crippen molar-refractivity contribution in [2.45, 2.75) is 85.0 Å². The van der Waals surface area contributed by atoms with E-state index in [-0.39, 0.29) is 0 Å². The summed E-state index contributed by atoms with van der Waals surface area (Å²) in [6.45, 7) is 8.15. The second-order valence-electron chi connectivity index (χ2n) is 7.01. The van der Waals surface area contributed by atoms with Gasteiger partial charge in [-0.1, -0.05) is 64.7 Å². The molecule has 0 spiro atoms. The van der Waals surface area contributed by atoms with Crippen molar-refractivity contribution in [3.8, 4) is 0 Å². The number of quaternary nitrogens is 1. The molecule has 4 heteroatoms. The Morgan fingerprint density at radius 2 is 1.09 bits per heavy atom. The van der Waals surface area contributed by atoms with Crippen molar-refractivity contribution in [1.29, 1.82) is 0 Å². The highest BCUT2D eigenvalue weighted by Gasteiger charge is 2.25. The van der Waals surface area contributed by atoms with Gasteiger partial charge < -0.3 is 4.48 Å². The van der Waals surface area contributed by atoms with Crippen LogP contribution in [0.4, 0.5) is 0 Å². The molecule has 0 saturated carbocycles. The summed E-state index contributed by atoms with van der Waals surface area (Å²) in [5.74, 6) is 0.675. The van der Waals surface area contributed by atoms with Gasteiger partial charge in [0.1, 0.15) is 0 Å². The number of nitrogens with zero attached hydrogens (tertiary/aromatic N) is 1. The average Bonchev–Trinajstić information content (AvgIpc) is 2.48. The lowest BCUT2D eigenvalue weighted by Crippen LogP contribution is -2.47. The minimum atomic E-state index is -2.90. The number of sulfone groups is 1. The molecule has 0 aromatic carbocycles. The van der Waals surface area contributed by atoms with Gasteiger partial charge in [-0.25, -0.2) is 8.42 Å². The fourth-order valence-electron chi connectivity index (χ4n) is 2.76. The van der Waals surface area contributed by atoms with Crippen LogP contribution in [0.2, 0.25) is 0 Å². The lowest BCUT2D eigenvalue weighted by Gasteiger charge is -2.31. The van der Waals surface area contributed by atoms with Gasteiger partial charge in [0.25, 0.3) is 0 Å². The van der Waals surface area contributed by atoms with E-state index in [2.05, 4.69) is 20.8 Å². The zero-order chi connectivity index (χ0) is 16.9. The van der Waals surface area contributed by atoms with Crippen LogP contribution in [0.5, 0.6) is 0 Å². The van der Waals surface area contributed by atoms with E-state index in [1.54, 1.807) is 0 Å². The van der Waals surface area contributed by atoms with E-state index in [1.807, 2.05) is 7.05 Å². The van der Waals surface area contributed by atoms with Gasteiger partial charge in [0, 0.05) is 0 Å². The maximum Gasteiger partial charge on any atom is 0.200 e. The van der Waals surface area contributed by atoms with Crippen LogP contribution < -0.4 is 0 Å². The average molecular weight is 335 g/mol. The van der Waals surface area contributed by atoms with Crippen LogP contribution >= 0.6 is 0 Å². The molecule has 0 aliphatic carbocycles. The summed E-state index contributed by atoms with van der Waals surface area (Å²) < 4.78 is 25.0. The molecule has 0 aliphatic rings. The summed E-state index contributed by atoms with van der Waals surface area (Å²) in [5, 5.41) is 0. The van der Waals surface area contributed by atoms with Gasteiger partial charge in [0.2, 0.25) is 9.84 Å². The zero-order valence-corrected chi connectivity index (χ0v) is 16.4. The molecule has 0 N–H and O–H groups in total. The molecule has 3 nitrogen and oxygen atoms in total. The van der Waals surface area contributed by atoms with Crippen LogP contribution in [0.3, 0.4) is 0 Å². The van der Waals surface area contributed by atoms with Gasteiger partial charge in [-0.3, -0.25) is 0 Å². The normalized spacial score (nSPS) is 12.7. The van der Waals surface area contributed by atoms with E-state index in [4.69, 9.17) is 0 Å². The van der Waals surface area contributed by atoms with Crippen LogP contribution in [-0.4, -0.2) is 44.7 Å². The highest BCUT2D eigenvalue weighted by atomic mass is 32.2. The molecule has 0 aliphatic heterocycles. The Morgan fingerprint density at radius 1 is 0.682 bits per heavy atom. The Balaban J connectivity index is 3.65. The van der Waals surface area contributed by atoms with E-state index < -0.39 is 9.84 Å². The van der Waals surface area contributed by atoms with Gasteiger partial charge in [0.15, 0.2) is 5.88 Å². The SMILES string of the molecule is CCCCCCCCCCCCS(=O)(=O)C[N+](C)(CC)CC. The Labute approximate surface area is 140 Å². The summed E-state index contributed by atoms with van der Waals surface area (Å²) in [4.78, 5) is 0. The van der Waals surface area contributed by atoms with E-state index in [0.717, 1.165) is 25.9 Å². The maximum absolute atomic E-state index is 12.2. The van der Waals surface area contributed by atoms with Gasteiger partial charge in [-0.2, -0.15) is 0 Å². The van der Waals surface area contributed by atoms with Crippen molar-refractivity contribution in [3.63, 3.8) is 0 Å². The van der Waals surface area contributed by atoms with Crippen LogP contribution in [0.15, 0.2) is 0 Å². The minimum absolute atomic E-state index is 0.303. The fraction of sp³-hybridized carbons (Fsp3) is 1.00. The Morgan fingerprint density at radius 3 is 1.50 bits per heavy atom. The topological polar surface area (TPSA) is 34.1 Å². The summed E-state index contributed by atoms with van der Waals surface area (Å²) in [5.41, 5.74) is 0. The first-order chi connectivity index (χ1) is 10.4. The largest absolute Gasteiger partial charge is 0.314 e. The van der Waals surface area contributed by atoms with Crippen LogP contribution in [-0.2, 0) is 9.84 Å². The first kappa shape index (κ1) is 21.9. The molecule has 0 fully saturated rings. The first-order valence-corrected chi connectivity index (χ1v) is 11.2. The summed E-state index contributed by atoms with van der Waals surface area (Å²) in [6, 6.07) is 0. The molecule has 22 heavy (non-hydrogen) atoms. The Hall–Kier alpha value is -0.0900. The van der Waals surface area contributed by atoms with Crippen molar-refractivity contribution in [1.82, 2.24) is 0 Å². The molecule has 0 heterocycles. The molecule has 0 saturated heterocycles. The van der Waals surface area contributed by atoms with Gasteiger partial charge in [-0.05, 0) is 20.3 Å². The molecule has 0 bridgehead atoms. The predicted octanol–water partition coefficient (Wildman–Crippen LogP) is 4.77. The second kappa shape index (κ2) is 12.3. The van der Waals surface area contributed by atoms with Gasteiger partial charge >= 0.3 is 0 Å². The van der Waals surface area contributed by atoms with Crippen LogP contribution in [0.1, 0.15) is 85.0 Å². The summed E-state index contributed by atoms with van der Waals surface area (Å²) in [6.07, 6.45) is 12.4. The lowest BCUT2D eigenvalue weighted by atomic mass is 10.1. The Kier molecular flexibility index (Phi) is 12.3. The van der Waals surface area contributed by atoms with Crippen LogP contribution in [0, 0.1) is 0 Å². The van der Waals surface area contributed by atoms with E-state index in [0.29, 0.717) is 16.1 Å². The molecule has 0 rings (SSSR count). The minimum Gasteiger partial charge on any atom is -0.314 e. The van der Waals surface area contributed by atoms with E-state index in [1.165, 1.54) is 51.4 Å². The van der Waals surface area contributed by atoms with E-state index >= 15 is 0 Å². The molecule has 0 atom stereocenters. The standard InChI is InChI=1S/C18H40NO2S/c1-5-8-9-10-11-12-13-14-15-16-17-22(20,21)18-19(4,6-2)7-3/h5-18H2,1-4H3/q+1. The third-order valence-electron chi connectivity index (χ3n) is 4.84. The number of rotatable bonds is 15. The number of hydrogen-bond acceptors (Lipinski definition) is 2. The third-order valence-corrected chi connectivity index (χ3v) is 6.77. The van der Waals surface area contributed by atoms with E-state index in [9.17, 15) is 8.42 Å². The zero-order valence-electron chi connectivity index (χ0n) is 15.6. The fourth-order valence-corrected chi connectivity index (χ4v) is 4.84. The Bertz CT molecular complexity index is 348. The molecular formula is C18H40NO2S+. The molecule has 0 unspecified atom stereocenters. The highest BCUT2D eigenvalue weighted by molar-refractivity contribution is 7.91. The van der Waals surface area contributed by atoms with Gasteiger partial charge in [-0.15, -0.1) is 0 Å². The maximum atomic E-state index is 12.2. The lowest BCUT2D eigenvalue weighted by molar-refractivity contribution is -0.894. The predicted molar refractivity (Wildman–Crippen MR) is 97.8 cm³/mol. The van der Waals surface area contributed by atoms with Crippen molar-refractivity contribution in [2.75, 3.05) is 31.8 Å². The first-order valence-electron chi connectivity index (χ1n) is 9.43. The van der Waals surface area contributed by atoms with Crippen molar-refractivity contribution in [3.05, 3.63) is 0 Å². The molecule has 0 radical (unpaired) electrons. The van der Waals surface area contributed by atoms with Crippen molar-refractivity contribution < 1.29 is 12.9 Å². The quantitative estimate of drug-likeness (QED) is 0.319. The summed E-state index contributed by atoms with van der Waals surface area (Å²) in [7, 11) is -0.861. The molecule has 0 amide bonds. The summed E-state index contributed by atoms with van der Waals surface area (Å²) >= 11 is 0. The van der Waals surface area contributed by atoms with Gasteiger partial charge in [0.05, 0.1) is 25.9 Å². The van der Waals surface area contributed by atoms with Crippen molar-refractivity contribution in [2.24, 2.45) is 0 Å². The second-order valence-corrected chi connectivity index (χ2v) is 9.16. The molecular weight excluding hydrogens is 294 g/mol. The molecule has 0 aromatic heterocycles. The van der Waals surface area contributed by atoms with Crippen molar-refractivity contribution >= 4 is 9.84 Å². The number of unbranched alkanes of at least 4 members (excludes halogenated alkanes) is 9.